The number of benzene rings is 1. The molecule has 132 valence electrons. The quantitative estimate of drug-likeness (QED) is 0.650. The molecule has 0 saturated carbocycles. The van der Waals surface area contributed by atoms with Crippen LogP contribution in [0.2, 0.25) is 5.02 Å². The van der Waals surface area contributed by atoms with Gasteiger partial charge < -0.3 is 9.64 Å². The third-order valence-electron chi connectivity index (χ3n) is 4.35. The first-order valence-electron chi connectivity index (χ1n) is 8.36. The number of hydrogen-bond acceptors (Lipinski definition) is 4. The van der Waals surface area contributed by atoms with Gasteiger partial charge in [-0.2, -0.15) is 11.3 Å². The number of amides is 1. The molecule has 4 rings (SSSR count). The second-order valence-electron chi connectivity index (χ2n) is 6.15. The summed E-state index contributed by atoms with van der Waals surface area (Å²) >= 11 is 7.85. The molecule has 0 saturated heterocycles. The maximum absolute atomic E-state index is 13.2. The fraction of sp³-hybridized carbons (Fsp3) is 0.200. The minimum Gasteiger partial charge on any atom is -0.493 e. The number of halogens is 1. The standard InChI is InChI=1S/C20H17ClN2O2S/c21-17-8-15-3-6-25-20(15)16(9-17)10-19(24)23(12-14-4-7-26-13-14)18-2-1-5-22-11-18/h1-2,4-5,7-9,11,13H,3,6,10,12H2. The van der Waals surface area contributed by atoms with E-state index in [-0.39, 0.29) is 12.3 Å². The number of pyridine rings is 1. The summed E-state index contributed by atoms with van der Waals surface area (Å²) in [6, 6.07) is 9.51. The molecule has 0 atom stereocenters. The third kappa shape index (κ3) is 3.59. The molecule has 0 spiro atoms. The molecule has 6 heteroatoms. The van der Waals surface area contributed by atoms with Crippen LogP contribution >= 0.6 is 22.9 Å². The molecule has 0 N–H and O–H groups in total. The first-order valence-corrected chi connectivity index (χ1v) is 9.68. The van der Waals surface area contributed by atoms with Crippen molar-refractivity contribution in [2.75, 3.05) is 11.5 Å². The Kier molecular flexibility index (Phi) is 4.91. The van der Waals surface area contributed by atoms with E-state index in [0.29, 0.717) is 18.2 Å². The van der Waals surface area contributed by atoms with Crippen molar-refractivity contribution in [2.24, 2.45) is 0 Å². The van der Waals surface area contributed by atoms with E-state index >= 15 is 0 Å². The van der Waals surface area contributed by atoms with Crippen LogP contribution in [0.4, 0.5) is 5.69 Å². The summed E-state index contributed by atoms with van der Waals surface area (Å²) in [6.45, 7) is 1.15. The highest BCUT2D eigenvalue weighted by atomic mass is 35.5. The van der Waals surface area contributed by atoms with Crippen molar-refractivity contribution in [3.8, 4) is 5.75 Å². The van der Waals surface area contributed by atoms with Gasteiger partial charge in [-0.25, -0.2) is 0 Å². The average Bonchev–Trinajstić information content (AvgIpc) is 3.31. The number of hydrogen-bond donors (Lipinski definition) is 0. The van der Waals surface area contributed by atoms with Gasteiger partial charge in [-0.1, -0.05) is 11.6 Å². The number of nitrogens with zero attached hydrogens (tertiary/aromatic N) is 2. The summed E-state index contributed by atoms with van der Waals surface area (Å²) < 4.78 is 5.74. The highest BCUT2D eigenvalue weighted by molar-refractivity contribution is 7.07. The zero-order chi connectivity index (χ0) is 17.9. The number of aromatic nitrogens is 1. The summed E-state index contributed by atoms with van der Waals surface area (Å²) in [6.07, 6.45) is 4.48. The molecule has 1 aliphatic rings. The minimum atomic E-state index is -0.0100. The van der Waals surface area contributed by atoms with Gasteiger partial charge in [0.15, 0.2) is 0 Å². The molecule has 1 amide bonds. The Balaban J connectivity index is 1.63. The van der Waals surface area contributed by atoms with Crippen LogP contribution in [-0.4, -0.2) is 17.5 Å². The summed E-state index contributed by atoms with van der Waals surface area (Å²) in [7, 11) is 0. The minimum absolute atomic E-state index is 0.0100. The third-order valence-corrected chi connectivity index (χ3v) is 5.30. The Morgan fingerprint density at radius 3 is 3.04 bits per heavy atom. The molecule has 26 heavy (non-hydrogen) atoms. The molecule has 3 heterocycles. The largest absolute Gasteiger partial charge is 0.493 e. The molecule has 0 aliphatic carbocycles. The second-order valence-corrected chi connectivity index (χ2v) is 7.37. The fourth-order valence-electron chi connectivity index (χ4n) is 3.14. The predicted molar refractivity (Wildman–Crippen MR) is 104 cm³/mol. The van der Waals surface area contributed by atoms with Gasteiger partial charge in [0.05, 0.1) is 31.5 Å². The van der Waals surface area contributed by atoms with E-state index in [4.69, 9.17) is 16.3 Å². The number of rotatable bonds is 5. The Morgan fingerprint density at radius 1 is 1.35 bits per heavy atom. The van der Waals surface area contributed by atoms with Crippen LogP contribution in [0, 0.1) is 0 Å². The van der Waals surface area contributed by atoms with Gasteiger partial charge in [-0.05, 0) is 52.2 Å². The number of ether oxygens (including phenoxy) is 1. The van der Waals surface area contributed by atoms with Crippen molar-refractivity contribution in [1.82, 2.24) is 4.98 Å². The topological polar surface area (TPSA) is 42.4 Å². The fourth-order valence-corrected chi connectivity index (χ4v) is 4.06. The van der Waals surface area contributed by atoms with Crippen molar-refractivity contribution in [1.29, 1.82) is 0 Å². The summed E-state index contributed by atoms with van der Waals surface area (Å²) in [5, 5.41) is 4.71. The van der Waals surface area contributed by atoms with Gasteiger partial charge in [0.1, 0.15) is 5.75 Å². The Labute approximate surface area is 161 Å². The summed E-state index contributed by atoms with van der Waals surface area (Å²) in [5.74, 6) is 0.800. The van der Waals surface area contributed by atoms with Gasteiger partial charge in [-0.15, -0.1) is 0 Å². The molecule has 2 aromatic heterocycles. The molecule has 0 unspecified atom stereocenters. The Hall–Kier alpha value is -2.37. The first kappa shape index (κ1) is 17.1. The lowest BCUT2D eigenvalue weighted by Gasteiger charge is -2.22. The van der Waals surface area contributed by atoms with E-state index in [1.165, 1.54) is 0 Å². The number of anilines is 1. The lowest BCUT2D eigenvalue weighted by molar-refractivity contribution is -0.118. The lowest BCUT2D eigenvalue weighted by atomic mass is 10.0. The van der Waals surface area contributed by atoms with E-state index in [2.05, 4.69) is 10.4 Å². The molecule has 0 fully saturated rings. The number of carbonyl (C=O) groups is 1. The monoisotopic (exact) mass is 384 g/mol. The van der Waals surface area contributed by atoms with Crippen LogP contribution in [0.5, 0.6) is 5.75 Å². The van der Waals surface area contributed by atoms with Crippen molar-refractivity contribution in [3.63, 3.8) is 0 Å². The lowest BCUT2D eigenvalue weighted by Crippen LogP contribution is -2.31. The second kappa shape index (κ2) is 7.48. The van der Waals surface area contributed by atoms with Gasteiger partial charge in [-0.3, -0.25) is 9.78 Å². The first-order chi connectivity index (χ1) is 12.7. The van der Waals surface area contributed by atoms with Gasteiger partial charge in [0.25, 0.3) is 0 Å². The summed E-state index contributed by atoms with van der Waals surface area (Å²) in [5.41, 5.74) is 3.79. The highest BCUT2D eigenvalue weighted by Crippen LogP contribution is 2.33. The number of carbonyl (C=O) groups excluding carboxylic acids is 1. The Morgan fingerprint density at radius 2 is 2.27 bits per heavy atom. The van der Waals surface area contributed by atoms with Crippen molar-refractivity contribution >= 4 is 34.5 Å². The molecule has 0 radical (unpaired) electrons. The van der Waals surface area contributed by atoms with Gasteiger partial charge >= 0.3 is 0 Å². The molecule has 4 nitrogen and oxygen atoms in total. The Bertz CT molecular complexity index is 913. The van der Waals surface area contributed by atoms with Crippen LogP contribution in [0.3, 0.4) is 0 Å². The predicted octanol–water partition coefficient (Wildman–Crippen LogP) is 4.51. The van der Waals surface area contributed by atoms with Gasteiger partial charge in [0.2, 0.25) is 5.91 Å². The van der Waals surface area contributed by atoms with E-state index < -0.39 is 0 Å². The molecule has 0 bridgehead atoms. The van der Waals surface area contributed by atoms with Crippen molar-refractivity contribution < 1.29 is 9.53 Å². The van der Waals surface area contributed by atoms with E-state index in [1.54, 1.807) is 28.6 Å². The molecule has 1 aliphatic heterocycles. The smallest absolute Gasteiger partial charge is 0.231 e. The van der Waals surface area contributed by atoms with Crippen molar-refractivity contribution in [2.45, 2.75) is 19.4 Å². The molecule has 3 aromatic rings. The van der Waals surface area contributed by atoms with Crippen LogP contribution in [0.25, 0.3) is 0 Å². The van der Waals surface area contributed by atoms with E-state index in [1.807, 2.05) is 35.7 Å². The molecule has 1 aromatic carbocycles. The normalized spacial score (nSPS) is 12.5. The van der Waals surface area contributed by atoms with Crippen LogP contribution in [0.1, 0.15) is 16.7 Å². The van der Waals surface area contributed by atoms with Crippen LogP contribution < -0.4 is 9.64 Å². The maximum Gasteiger partial charge on any atom is 0.231 e. The zero-order valence-corrected chi connectivity index (χ0v) is 15.6. The van der Waals surface area contributed by atoms with E-state index in [9.17, 15) is 4.79 Å². The van der Waals surface area contributed by atoms with Crippen molar-refractivity contribution in [3.05, 3.63) is 75.2 Å². The highest BCUT2D eigenvalue weighted by Gasteiger charge is 2.23. The van der Waals surface area contributed by atoms with Crippen LogP contribution in [-0.2, 0) is 24.2 Å². The van der Waals surface area contributed by atoms with Gasteiger partial charge in [0, 0.05) is 23.2 Å². The summed E-state index contributed by atoms with van der Waals surface area (Å²) in [4.78, 5) is 19.1. The molecular formula is C20H17ClN2O2S. The maximum atomic E-state index is 13.2. The number of fused-ring (bicyclic) bond motifs is 1. The van der Waals surface area contributed by atoms with Crippen LogP contribution in [0.15, 0.2) is 53.5 Å². The SMILES string of the molecule is O=C(Cc1cc(Cl)cc2c1OCC2)N(Cc1ccsc1)c1cccnc1. The average molecular weight is 385 g/mol. The number of thiophene rings is 1. The van der Waals surface area contributed by atoms with E-state index in [0.717, 1.165) is 34.5 Å². The zero-order valence-electron chi connectivity index (χ0n) is 14.0. The molecular weight excluding hydrogens is 368 g/mol.